The van der Waals surface area contributed by atoms with Gasteiger partial charge in [0.2, 0.25) is 0 Å². The molecular formula is C19H37N3O4. The van der Waals surface area contributed by atoms with Crippen molar-refractivity contribution in [1.29, 1.82) is 0 Å². The highest BCUT2D eigenvalue weighted by Gasteiger charge is 2.15. The molecule has 2 N–H and O–H groups in total. The van der Waals surface area contributed by atoms with E-state index in [0.29, 0.717) is 12.0 Å². The zero-order chi connectivity index (χ0) is 18.3. The maximum Gasteiger partial charge on any atom is 0.191 e. The Balaban J connectivity index is 1.44. The number of nitrogens with zero attached hydrogens (tertiary/aromatic N) is 1. The lowest BCUT2D eigenvalue weighted by atomic mass is 10.1. The van der Waals surface area contributed by atoms with Gasteiger partial charge in [0.15, 0.2) is 5.96 Å². The van der Waals surface area contributed by atoms with Crippen LogP contribution in [0.2, 0.25) is 0 Å². The molecule has 0 aromatic carbocycles. The van der Waals surface area contributed by atoms with Crippen LogP contribution in [0.1, 0.15) is 39.0 Å². The molecular weight excluding hydrogens is 334 g/mol. The van der Waals surface area contributed by atoms with Crippen molar-refractivity contribution < 1.29 is 18.9 Å². The third kappa shape index (κ3) is 9.71. The van der Waals surface area contributed by atoms with Gasteiger partial charge in [-0.2, -0.15) is 0 Å². The van der Waals surface area contributed by atoms with Gasteiger partial charge in [-0.3, -0.25) is 4.99 Å². The van der Waals surface area contributed by atoms with Crippen molar-refractivity contribution in [3.63, 3.8) is 0 Å². The lowest BCUT2D eigenvalue weighted by molar-refractivity contribution is 0.0168. The van der Waals surface area contributed by atoms with Crippen molar-refractivity contribution >= 4 is 5.96 Å². The number of hydrogen-bond donors (Lipinski definition) is 2. The summed E-state index contributed by atoms with van der Waals surface area (Å²) in [5, 5.41) is 6.63. The molecule has 0 spiro atoms. The first-order valence-electron chi connectivity index (χ1n) is 10.3. The number of hydrogen-bond acceptors (Lipinski definition) is 5. The van der Waals surface area contributed by atoms with Crippen LogP contribution in [-0.4, -0.2) is 77.9 Å². The Morgan fingerprint density at radius 3 is 2.73 bits per heavy atom. The number of guanidine groups is 1. The van der Waals surface area contributed by atoms with Crippen LogP contribution in [0.4, 0.5) is 0 Å². The lowest BCUT2D eigenvalue weighted by Gasteiger charge is -2.13. The Hall–Kier alpha value is -0.890. The number of nitrogens with one attached hydrogen (secondary N) is 2. The van der Waals surface area contributed by atoms with E-state index in [2.05, 4.69) is 22.5 Å². The summed E-state index contributed by atoms with van der Waals surface area (Å²) in [4.78, 5) is 4.59. The normalized spacial score (nSPS) is 23.5. The van der Waals surface area contributed by atoms with Crippen LogP contribution in [0.15, 0.2) is 4.99 Å². The van der Waals surface area contributed by atoms with Gasteiger partial charge in [0, 0.05) is 52.0 Å². The van der Waals surface area contributed by atoms with Crippen LogP contribution < -0.4 is 10.6 Å². The molecule has 2 saturated heterocycles. The number of aliphatic imine (C=N–C) groups is 1. The van der Waals surface area contributed by atoms with Crippen LogP contribution >= 0.6 is 0 Å². The summed E-state index contributed by atoms with van der Waals surface area (Å²) in [6, 6.07) is 0. The maximum absolute atomic E-state index is 5.71. The van der Waals surface area contributed by atoms with Gasteiger partial charge in [-0.05, 0) is 39.0 Å². The van der Waals surface area contributed by atoms with E-state index in [-0.39, 0.29) is 0 Å². The molecule has 0 aliphatic carbocycles. The second-order valence-corrected chi connectivity index (χ2v) is 6.91. The van der Waals surface area contributed by atoms with Gasteiger partial charge in [-0.15, -0.1) is 0 Å². The molecule has 7 heteroatoms. The molecule has 2 aliphatic heterocycles. The molecule has 7 nitrogen and oxygen atoms in total. The molecule has 2 fully saturated rings. The van der Waals surface area contributed by atoms with Gasteiger partial charge < -0.3 is 29.6 Å². The molecule has 0 bridgehead atoms. The Kier molecular flexibility index (Phi) is 11.7. The zero-order valence-electron chi connectivity index (χ0n) is 16.3. The van der Waals surface area contributed by atoms with Crippen molar-refractivity contribution in [2.24, 2.45) is 10.9 Å². The van der Waals surface area contributed by atoms with Crippen molar-refractivity contribution in [2.45, 2.75) is 45.1 Å². The third-order valence-electron chi connectivity index (χ3n) is 4.52. The van der Waals surface area contributed by atoms with Gasteiger partial charge in [0.25, 0.3) is 0 Å². The van der Waals surface area contributed by atoms with E-state index in [1.165, 1.54) is 0 Å². The quantitative estimate of drug-likeness (QED) is 0.291. The third-order valence-corrected chi connectivity index (χ3v) is 4.52. The van der Waals surface area contributed by atoms with Gasteiger partial charge in [-0.25, -0.2) is 0 Å². The minimum absolute atomic E-state index is 0.310. The number of ether oxygens (including phenoxy) is 4. The van der Waals surface area contributed by atoms with E-state index in [1.54, 1.807) is 0 Å². The van der Waals surface area contributed by atoms with Crippen molar-refractivity contribution in [2.75, 3.05) is 65.9 Å². The lowest BCUT2D eigenvalue weighted by Crippen LogP contribution is -2.38. The summed E-state index contributed by atoms with van der Waals surface area (Å²) in [7, 11) is 0. The van der Waals surface area contributed by atoms with E-state index in [1.807, 2.05) is 0 Å². The first kappa shape index (κ1) is 21.4. The van der Waals surface area contributed by atoms with Gasteiger partial charge >= 0.3 is 0 Å². The molecule has 0 aromatic heterocycles. The van der Waals surface area contributed by atoms with E-state index in [0.717, 1.165) is 104 Å². The average molecular weight is 372 g/mol. The first-order chi connectivity index (χ1) is 12.9. The van der Waals surface area contributed by atoms with Gasteiger partial charge in [0.05, 0.1) is 25.9 Å². The predicted molar refractivity (Wildman–Crippen MR) is 103 cm³/mol. The second-order valence-electron chi connectivity index (χ2n) is 6.91. The van der Waals surface area contributed by atoms with Crippen molar-refractivity contribution in [3.8, 4) is 0 Å². The second kappa shape index (κ2) is 14.2. The van der Waals surface area contributed by atoms with Crippen molar-refractivity contribution in [1.82, 2.24) is 10.6 Å². The first-order valence-corrected chi connectivity index (χ1v) is 10.3. The predicted octanol–water partition coefficient (Wildman–Crippen LogP) is 1.57. The Morgan fingerprint density at radius 2 is 1.96 bits per heavy atom. The molecule has 2 aliphatic rings. The monoisotopic (exact) mass is 371 g/mol. The molecule has 2 heterocycles. The van der Waals surface area contributed by atoms with Crippen LogP contribution in [0.5, 0.6) is 0 Å². The van der Waals surface area contributed by atoms with Gasteiger partial charge in [0.1, 0.15) is 0 Å². The summed E-state index contributed by atoms with van der Waals surface area (Å²) < 4.78 is 22.3. The van der Waals surface area contributed by atoms with Crippen LogP contribution in [0.25, 0.3) is 0 Å². The Labute approximate surface area is 158 Å². The van der Waals surface area contributed by atoms with E-state index < -0.39 is 0 Å². The molecule has 0 radical (unpaired) electrons. The smallest absolute Gasteiger partial charge is 0.191 e. The standard InChI is InChI=1S/C19H37N3O4/c1-2-20-19(21-8-4-10-23-14-17-7-13-25-15-17)22-9-5-11-24-16-18-6-3-12-26-18/h17-18H,2-16H2,1H3,(H2,20,21,22). The minimum Gasteiger partial charge on any atom is -0.381 e. The fourth-order valence-corrected chi connectivity index (χ4v) is 3.04. The van der Waals surface area contributed by atoms with E-state index in [4.69, 9.17) is 18.9 Å². The fourth-order valence-electron chi connectivity index (χ4n) is 3.04. The molecule has 2 unspecified atom stereocenters. The molecule has 0 saturated carbocycles. The summed E-state index contributed by atoms with van der Waals surface area (Å²) in [5.41, 5.74) is 0. The number of rotatable bonds is 13. The van der Waals surface area contributed by atoms with Crippen LogP contribution in [0.3, 0.4) is 0 Å². The highest BCUT2D eigenvalue weighted by atomic mass is 16.5. The van der Waals surface area contributed by atoms with Crippen molar-refractivity contribution in [3.05, 3.63) is 0 Å². The summed E-state index contributed by atoms with van der Waals surface area (Å²) in [5.74, 6) is 1.45. The molecule has 152 valence electrons. The molecule has 26 heavy (non-hydrogen) atoms. The highest BCUT2D eigenvalue weighted by Crippen LogP contribution is 2.12. The average Bonchev–Trinajstić information content (AvgIpc) is 3.34. The van der Waals surface area contributed by atoms with Crippen LogP contribution in [0, 0.1) is 5.92 Å². The van der Waals surface area contributed by atoms with Gasteiger partial charge in [-0.1, -0.05) is 0 Å². The molecule has 2 rings (SSSR count). The maximum atomic E-state index is 5.71. The molecule has 0 amide bonds. The minimum atomic E-state index is 0.310. The Bertz CT molecular complexity index is 370. The highest BCUT2D eigenvalue weighted by molar-refractivity contribution is 5.79. The molecule has 0 aromatic rings. The van der Waals surface area contributed by atoms with E-state index >= 15 is 0 Å². The van der Waals surface area contributed by atoms with Crippen LogP contribution in [-0.2, 0) is 18.9 Å². The molecule has 2 atom stereocenters. The largest absolute Gasteiger partial charge is 0.381 e. The summed E-state index contributed by atoms with van der Waals surface area (Å²) in [6.45, 7) is 10.2. The summed E-state index contributed by atoms with van der Waals surface area (Å²) >= 11 is 0. The fraction of sp³-hybridized carbons (Fsp3) is 0.947. The Morgan fingerprint density at radius 1 is 1.08 bits per heavy atom. The SMILES string of the molecule is CCNC(=NCCCOCC1CCOC1)NCCCOCC1CCCO1. The zero-order valence-corrected chi connectivity index (χ0v) is 16.3. The summed E-state index contributed by atoms with van der Waals surface area (Å²) in [6.07, 6.45) is 5.64. The van der Waals surface area contributed by atoms with E-state index in [9.17, 15) is 0 Å². The topological polar surface area (TPSA) is 73.3 Å².